The van der Waals surface area contributed by atoms with Gasteiger partial charge in [0, 0.05) is 19.2 Å². The average molecular weight is 329 g/mol. The van der Waals surface area contributed by atoms with Gasteiger partial charge in [0.2, 0.25) is 10.0 Å². The van der Waals surface area contributed by atoms with Gasteiger partial charge in [0.15, 0.2) is 11.5 Å². The lowest BCUT2D eigenvalue weighted by molar-refractivity contribution is -0.0441. The number of methoxy groups -OCH3 is 2. The number of morpholine rings is 1. The van der Waals surface area contributed by atoms with Crippen LogP contribution in [0.25, 0.3) is 0 Å². The van der Waals surface area contributed by atoms with Crippen molar-refractivity contribution in [2.24, 2.45) is 0 Å². The molecule has 1 fully saturated rings. The molecule has 2 atom stereocenters. The van der Waals surface area contributed by atoms with Crippen LogP contribution in [0.3, 0.4) is 0 Å². The van der Waals surface area contributed by atoms with Gasteiger partial charge in [-0.2, -0.15) is 4.31 Å². The molecule has 0 aliphatic carbocycles. The predicted molar refractivity (Wildman–Crippen MR) is 83.1 cm³/mol. The van der Waals surface area contributed by atoms with Gasteiger partial charge in [0.05, 0.1) is 31.3 Å². The Labute approximate surface area is 132 Å². The summed E-state index contributed by atoms with van der Waals surface area (Å²) >= 11 is 0. The molecule has 6 nitrogen and oxygen atoms in total. The summed E-state index contributed by atoms with van der Waals surface area (Å²) in [7, 11) is -0.585. The van der Waals surface area contributed by atoms with Crippen LogP contribution in [0, 0.1) is 6.92 Å². The Kier molecular flexibility index (Phi) is 4.99. The fraction of sp³-hybridized carbons (Fsp3) is 0.600. The summed E-state index contributed by atoms with van der Waals surface area (Å²) in [6.07, 6.45) is -0.252. The molecule has 0 spiro atoms. The highest BCUT2D eigenvalue weighted by molar-refractivity contribution is 7.89. The van der Waals surface area contributed by atoms with Crippen LogP contribution >= 0.6 is 0 Å². The lowest BCUT2D eigenvalue weighted by Gasteiger charge is -2.34. The summed E-state index contributed by atoms with van der Waals surface area (Å²) in [6, 6.07) is 3.20. The molecule has 2 rings (SSSR count). The smallest absolute Gasteiger partial charge is 0.243 e. The van der Waals surface area contributed by atoms with E-state index in [2.05, 4.69) is 0 Å². The minimum atomic E-state index is -3.60. The van der Waals surface area contributed by atoms with Crippen molar-refractivity contribution >= 4 is 10.0 Å². The maximum absolute atomic E-state index is 12.9. The second-order valence-electron chi connectivity index (χ2n) is 5.55. The molecule has 0 bridgehead atoms. The number of rotatable bonds is 4. The second kappa shape index (κ2) is 6.44. The summed E-state index contributed by atoms with van der Waals surface area (Å²) in [4.78, 5) is 0.242. The Morgan fingerprint density at radius 2 is 1.59 bits per heavy atom. The molecule has 124 valence electrons. The molecule has 0 radical (unpaired) electrons. The zero-order valence-electron chi connectivity index (χ0n) is 13.6. The topological polar surface area (TPSA) is 65.1 Å². The lowest BCUT2D eigenvalue weighted by atomic mass is 10.2. The molecule has 1 aliphatic heterocycles. The van der Waals surface area contributed by atoms with Crippen LogP contribution in [-0.4, -0.2) is 52.2 Å². The molecule has 0 saturated carbocycles. The van der Waals surface area contributed by atoms with E-state index in [1.54, 1.807) is 13.0 Å². The van der Waals surface area contributed by atoms with Crippen LogP contribution in [-0.2, 0) is 14.8 Å². The molecule has 1 aromatic rings. The van der Waals surface area contributed by atoms with Crippen molar-refractivity contribution in [2.45, 2.75) is 37.9 Å². The van der Waals surface area contributed by atoms with Crippen molar-refractivity contribution in [1.82, 2.24) is 4.31 Å². The van der Waals surface area contributed by atoms with E-state index in [1.165, 1.54) is 24.6 Å². The monoisotopic (exact) mass is 329 g/mol. The molecule has 1 aromatic carbocycles. The van der Waals surface area contributed by atoms with E-state index < -0.39 is 10.0 Å². The number of sulfonamides is 1. The first-order valence-corrected chi connectivity index (χ1v) is 8.61. The highest BCUT2D eigenvalue weighted by Gasteiger charge is 2.33. The van der Waals surface area contributed by atoms with Gasteiger partial charge < -0.3 is 14.2 Å². The van der Waals surface area contributed by atoms with Gasteiger partial charge in [-0.25, -0.2) is 8.42 Å². The number of benzene rings is 1. The molecule has 0 aromatic heterocycles. The van der Waals surface area contributed by atoms with E-state index in [4.69, 9.17) is 14.2 Å². The number of aryl methyl sites for hydroxylation is 1. The maximum Gasteiger partial charge on any atom is 0.243 e. The van der Waals surface area contributed by atoms with Gasteiger partial charge in [-0.05, 0) is 32.4 Å². The molecule has 0 N–H and O–H groups in total. The Balaban J connectivity index is 2.45. The molecule has 22 heavy (non-hydrogen) atoms. The van der Waals surface area contributed by atoms with E-state index >= 15 is 0 Å². The van der Waals surface area contributed by atoms with Crippen LogP contribution in [0.2, 0.25) is 0 Å². The first-order valence-electron chi connectivity index (χ1n) is 7.17. The summed E-state index contributed by atoms with van der Waals surface area (Å²) in [5.41, 5.74) is 0.629. The molecular formula is C15H23NO5S. The Morgan fingerprint density at radius 3 is 2.09 bits per heavy atom. The Hall–Kier alpha value is -1.31. The third-order valence-corrected chi connectivity index (χ3v) is 5.66. The van der Waals surface area contributed by atoms with Crippen molar-refractivity contribution in [1.29, 1.82) is 0 Å². The Morgan fingerprint density at radius 1 is 1.09 bits per heavy atom. The molecule has 0 unspecified atom stereocenters. The van der Waals surface area contributed by atoms with Crippen LogP contribution in [0.4, 0.5) is 0 Å². The molecule has 1 heterocycles. The van der Waals surface area contributed by atoms with E-state index in [9.17, 15) is 8.42 Å². The van der Waals surface area contributed by atoms with Gasteiger partial charge in [0.1, 0.15) is 0 Å². The quantitative estimate of drug-likeness (QED) is 0.843. The summed E-state index contributed by atoms with van der Waals surface area (Å²) < 4.78 is 43.4. The molecule has 7 heteroatoms. The summed E-state index contributed by atoms with van der Waals surface area (Å²) in [6.45, 7) is 6.20. The minimum Gasteiger partial charge on any atom is -0.493 e. The third-order valence-electron chi connectivity index (χ3n) is 3.69. The van der Waals surface area contributed by atoms with Gasteiger partial charge in [-0.1, -0.05) is 0 Å². The number of ether oxygens (including phenoxy) is 3. The standard InChI is InChI=1S/C15H23NO5S/c1-10-6-13(19-4)14(20-5)7-15(10)22(17,18)16-8-11(2)21-12(3)9-16/h6-7,11-12H,8-9H2,1-5H3/t11-,12-/m0/s1. The fourth-order valence-corrected chi connectivity index (χ4v) is 4.52. The largest absolute Gasteiger partial charge is 0.493 e. The molecule has 0 amide bonds. The van der Waals surface area contributed by atoms with Crippen LogP contribution in [0.15, 0.2) is 17.0 Å². The van der Waals surface area contributed by atoms with Crippen molar-refractivity contribution in [3.05, 3.63) is 17.7 Å². The highest BCUT2D eigenvalue weighted by Crippen LogP contribution is 2.34. The lowest BCUT2D eigenvalue weighted by Crippen LogP contribution is -2.48. The molecular weight excluding hydrogens is 306 g/mol. The van der Waals surface area contributed by atoms with Crippen molar-refractivity contribution in [3.63, 3.8) is 0 Å². The second-order valence-corrected chi connectivity index (χ2v) is 7.46. The zero-order valence-corrected chi connectivity index (χ0v) is 14.4. The number of nitrogens with zero attached hydrogens (tertiary/aromatic N) is 1. The predicted octanol–water partition coefficient (Wildman–Crippen LogP) is 1.81. The number of hydrogen-bond acceptors (Lipinski definition) is 5. The minimum absolute atomic E-state index is 0.126. The first kappa shape index (κ1) is 17.1. The van der Waals surface area contributed by atoms with Gasteiger partial charge >= 0.3 is 0 Å². The maximum atomic E-state index is 12.9. The average Bonchev–Trinajstić information content (AvgIpc) is 2.45. The summed E-state index contributed by atoms with van der Waals surface area (Å²) in [5.74, 6) is 0.920. The zero-order chi connectivity index (χ0) is 16.5. The van der Waals surface area contributed by atoms with Crippen LogP contribution in [0.1, 0.15) is 19.4 Å². The van der Waals surface area contributed by atoms with E-state index in [-0.39, 0.29) is 17.1 Å². The third kappa shape index (κ3) is 3.21. The SMILES string of the molecule is COc1cc(C)c(S(=O)(=O)N2C[C@H](C)O[C@@H](C)C2)cc1OC. The van der Waals surface area contributed by atoms with E-state index in [0.717, 1.165) is 0 Å². The molecule has 1 aliphatic rings. The molecule has 1 saturated heterocycles. The van der Waals surface area contributed by atoms with Gasteiger partial charge in [0.25, 0.3) is 0 Å². The van der Waals surface area contributed by atoms with E-state index in [0.29, 0.717) is 30.2 Å². The fourth-order valence-electron chi connectivity index (χ4n) is 2.71. The summed E-state index contributed by atoms with van der Waals surface area (Å²) in [5, 5.41) is 0. The highest BCUT2D eigenvalue weighted by atomic mass is 32.2. The van der Waals surface area contributed by atoms with Crippen LogP contribution < -0.4 is 9.47 Å². The first-order chi connectivity index (χ1) is 10.3. The van der Waals surface area contributed by atoms with Crippen molar-refractivity contribution in [2.75, 3.05) is 27.3 Å². The number of hydrogen-bond donors (Lipinski definition) is 0. The van der Waals surface area contributed by atoms with E-state index in [1.807, 2.05) is 13.8 Å². The van der Waals surface area contributed by atoms with Crippen LogP contribution in [0.5, 0.6) is 11.5 Å². The normalized spacial score (nSPS) is 23.3. The van der Waals surface area contributed by atoms with Crippen molar-refractivity contribution < 1.29 is 22.6 Å². The van der Waals surface area contributed by atoms with Crippen molar-refractivity contribution in [3.8, 4) is 11.5 Å². The Bertz CT molecular complexity index is 634. The van der Waals surface area contributed by atoms with Gasteiger partial charge in [-0.15, -0.1) is 0 Å². The van der Waals surface area contributed by atoms with Gasteiger partial charge in [-0.3, -0.25) is 0 Å².